The van der Waals surface area contributed by atoms with Crippen LogP contribution in [0.25, 0.3) is 0 Å². The zero-order valence-corrected chi connectivity index (χ0v) is 17.2. The molecule has 136 valence electrons. The van der Waals surface area contributed by atoms with Crippen LogP contribution < -0.4 is 10.6 Å². The van der Waals surface area contributed by atoms with Crippen LogP contribution >= 0.6 is 24.0 Å². The van der Waals surface area contributed by atoms with Gasteiger partial charge in [0.15, 0.2) is 5.96 Å². The van der Waals surface area contributed by atoms with Gasteiger partial charge in [0.05, 0.1) is 13.2 Å². The second-order valence-corrected chi connectivity index (χ2v) is 5.91. The Morgan fingerprint density at radius 2 is 1.79 bits per heavy atom. The fourth-order valence-electron chi connectivity index (χ4n) is 2.57. The van der Waals surface area contributed by atoms with E-state index in [-0.39, 0.29) is 24.0 Å². The molecule has 6 heteroatoms. The summed E-state index contributed by atoms with van der Waals surface area (Å²) in [5, 5.41) is 6.68. The largest absolute Gasteiger partial charge is 0.379 e. The topological polar surface area (TPSA) is 48.9 Å². The van der Waals surface area contributed by atoms with Crippen LogP contribution in [0, 0.1) is 0 Å². The lowest BCUT2D eigenvalue weighted by Gasteiger charge is -2.26. The summed E-state index contributed by atoms with van der Waals surface area (Å²) in [4.78, 5) is 6.69. The number of unbranched alkanes of at least 4 members (excludes halogenated alkanes) is 1. The van der Waals surface area contributed by atoms with E-state index < -0.39 is 0 Å². The van der Waals surface area contributed by atoms with Crippen molar-refractivity contribution in [1.29, 1.82) is 0 Å². The Kier molecular flexibility index (Phi) is 11.0. The lowest BCUT2D eigenvalue weighted by molar-refractivity contribution is 0.0342. The van der Waals surface area contributed by atoms with E-state index in [1.807, 2.05) is 7.05 Å². The van der Waals surface area contributed by atoms with Gasteiger partial charge < -0.3 is 15.4 Å². The average Bonchev–Trinajstić information content (AvgIpc) is 2.60. The van der Waals surface area contributed by atoms with Gasteiger partial charge in [-0.1, -0.05) is 37.6 Å². The van der Waals surface area contributed by atoms with Crippen LogP contribution in [0.3, 0.4) is 0 Å². The van der Waals surface area contributed by atoms with E-state index in [2.05, 4.69) is 51.7 Å². The lowest BCUT2D eigenvalue weighted by atomic mass is 10.1. The minimum absolute atomic E-state index is 0. The van der Waals surface area contributed by atoms with Gasteiger partial charge in [-0.25, -0.2) is 0 Å². The molecule has 0 radical (unpaired) electrons. The monoisotopic (exact) mass is 446 g/mol. The number of hydrogen-bond donors (Lipinski definition) is 2. The van der Waals surface area contributed by atoms with Gasteiger partial charge in [-0.15, -0.1) is 24.0 Å². The number of rotatable bonds is 7. The number of ether oxygens (including phenoxy) is 1. The Morgan fingerprint density at radius 1 is 1.12 bits per heavy atom. The van der Waals surface area contributed by atoms with Gasteiger partial charge in [0.2, 0.25) is 0 Å². The summed E-state index contributed by atoms with van der Waals surface area (Å²) < 4.78 is 5.39. The van der Waals surface area contributed by atoms with Crippen LogP contribution in [-0.4, -0.2) is 50.8 Å². The number of morpholine rings is 1. The molecule has 1 saturated heterocycles. The molecule has 1 fully saturated rings. The number of benzene rings is 1. The highest BCUT2D eigenvalue weighted by Crippen LogP contribution is 2.09. The predicted molar refractivity (Wildman–Crippen MR) is 111 cm³/mol. The highest BCUT2D eigenvalue weighted by atomic mass is 127. The zero-order valence-electron chi connectivity index (χ0n) is 14.9. The molecule has 1 aliphatic heterocycles. The Morgan fingerprint density at radius 3 is 2.42 bits per heavy atom. The first-order chi connectivity index (χ1) is 11.3. The smallest absolute Gasteiger partial charge is 0.191 e. The molecule has 0 amide bonds. The molecular weight excluding hydrogens is 415 g/mol. The molecule has 0 aromatic heterocycles. The van der Waals surface area contributed by atoms with Crippen molar-refractivity contribution in [2.75, 3.05) is 39.9 Å². The molecule has 24 heavy (non-hydrogen) atoms. The average molecular weight is 446 g/mol. The molecule has 1 aromatic carbocycles. The Balaban J connectivity index is 0.00000288. The first-order valence-corrected chi connectivity index (χ1v) is 8.64. The van der Waals surface area contributed by atoms with E-state index in [4.69, 9.17) is 4.74 Å². The van der Waals surface area contributed by atoms with Crippen molar-refractivity contribution in [3.63, 3.8) is 0 Å². The first kappa shape index (κ1) is 21.2. The Hall–Kier alpha value is -0.860. The minimum atomic E-state index is 0. The Labute approximate surface area is 163 Å². The molecule has 0 aliphatic carbocycles. The van der Waals surface area contributed by atoms with Crippen molar-refractivity contribution in [3.8, 4) is 0 Å². The van der Waals surface area contributed by atoms with Crippen LogP contribution in [0.15, 0.2) is 29.3 Å². The quantitative estimate of drug-likeness (QED) is 0.293. The van der Waals surface area contributed by atoms with Crippen LogP contribution in [0.2, 0.25) is 0 Å². The van der Waals surface area contributed by atoms with Gasteiger partial charge >= 0.3 is 0 Å². The summed E-state index contributed by atoms with van der Waals surface area (Å²) in [6.45, 7) is 8.73. The number of hydrogen-bond acceptors (Lipinski definition) is 3. The van der Waals surface area contributed by atoms with Gasteiger partial charge in [-0.3, -0.25) is 9.89 Å². The molecule has 0 atom stereocenters. The molecule has 0 spiro atoms. The fraction of sp³-hybridized carbons (Fsp3) is 0.611. The van der Waals surface area contributed by atoms with Crippen molar-refractivity contribution < 1.29 is 4.74 Å². The second-order valence-electron chi connectivity index (χ2n) is 5.91. The molecule has 1 aliphatic rings. The molecule has 0 bridgehead atoms. The third kappa shape index (κ3) is 7.81. The predicted octanol–water partition coefficient (Wildman–Crippen LogP) is 2.60. The Bertz CT molecular complexity index is 472. The molecule has 0 saturated carbocycles. The molecule has 1 aromatic rings. The van der Waals surface area contributed by atoms with E-state index in [0.29, 0.717) is 0 Å². The number of guanidine groups is 1. The second kappa shape index (κ2) is 12.5. The van der Waals surface area contributed by atoms with E-state index in [9.17, 15) is 0 Å². The van der Waals surface area contributed by atoms with Gasteiger partial charge in [0, 0.05) is 39.8 Å². The summed E-state index contributed by atoms with van der Waals surface area (Å²) >= 11 is 0. The summed E-state index contributed by atoms with van der Waals surface area (Å²) in [5.74, 6) is 0.871. The summed E-state index contributed by atoms with van der Waals surface area (Å²) in [7, 11) is 1.81. The van der Waals surface area contributed by atoms with Gasteiger partial charge in [-0.2, -0.15) is 0 Å². The molecular formula is C18H31IN4O. The number of aliphatic imine (C=N–C) groups is 1. The molecule has 0 unspecified atom stereocenters. The van der Waals surface area contributed by atoms with E-state index >= 15 is 0 Å². The van der Waals surface area contributed by atoms with Crippen molar-refractivity contribution in [2.24, 2.45) is 4.99 Å². The third-order valence-electron chi connectivity index (χ3n) is 4.04. The summed E-state index contributed by atoms with van der Waals surface area (Å²) in [5.41, 5.74) is 2.63. The SMILES string of the molecule is CCCCNC(=NC)NCc1ccc(CN2CCOCC2)cc1.I. The van der Waals surface area contributed by atoms with E-state index in [1.165, 1.54) is 17.5 Å². The van der Waals surface area contributed by atoms with Crippen molar-refractivity contribution in [3.05, 3.63) is 35.4 Å². The number of halogens is 1. The standard InChI is InChI=1S/C18H30N4O.HI/c1-3-4-9-20-18(19-2)21-14-16-5-7-17(8-6-16)15-22-10-12-23-13-11-22;/h5-8H,3-4,9-15H2,1-2H3,(H2,19,20,21);1H. The van der Waals surface area contributed by atoms with Crippen LogP contribution in [0.4, 0.5) is 0 Å². The highest BCUT2D eigenvalue weighted by molar-refractivity contribution is 14.0. The van der Waals surface area contributed by atoms with Crippen LogP contribution in [0.5, 0.6) is 0 Å². The van der Waals surface area contributed by atoms with Gasteiger partial charge in [-0.05, 0) is 17.5 Å². The van der Waals surface area contributed by atoms with Crippen LogP contribution in [-0.2, 0) is 17.8 Å². The molecule has 2 rings (SSSR count). The maximum absolute atomic E-state index is 5.39. The van der Waals surface area contributed by atoms with Gasteiger partial charge in [0.25, 0.3) is 0 Å². The summed E-state index contributed by atoms with van der Waals surface area (Å²) in [6.07, 6.45) is 2.35. The van der Waals surface area contributed by atoms with E-state index in [0.717, 1.165) is 58.3 Å². The first-order valence-electron chi connectivity index (χ1n) is 8.64. The van der Waals surface area contributed by atoms with Crippen molar-refractivity contribution >= 4 is 29.9 Å². The molecule has 5 nitrogen and oxygen atoms in total. The number of nitrogens with zero attached hydrogens (tertiary/aromatic N) is 2. The highest BCUT2D eigenvalue weighted by Gasteiger charge is 2.10. The normalized spacial score (nSPS) is 15.7. The van der Waals surface area contributed by atoms with Crippen LogP contribution in [0.1, 0.15) is 30.9 Å². The van der Waals surface area contributed by atoms with Gasteiger partial charge in [0.1, 0.15) is 0 Å². The lowest BCUT2D eigenvalue weighted by Crippen LogP contribution is -2.37. The number of nitrogens with one attached hydrogen (secondary N) is 2. The molecule has 1 heterocycles. The summed E-state index contributed by atoms with van der Waals surface area (Å²) in [6, 6.07) is 8.84. The fourth-order valence-corrected chi connectivity index (χ4v) is 2.57. The molecule has 2 N–H and O–H groups in total. The minimum Gasteiger partial charge on any atom is -0.379 e. The van der Waals surface area contributed by atoms with Crippen molar-refractivity contribution in [1.82, 2.24) is 15.5 Å². The zero-order chi connectivity index (χ0) is 16.3. The maximum atomic E-state index is 5.39. The van der Waals surface area contributed by atoms with E-state index in [1.54, 1.807) is 0 Å². The third-order valence-corrected chi connectivity index (χ3v) is 4.04. The maximum Gasteiger partial charge on any atom is 0.191 e. The van der Waals surface area contributed by atoms with Crippen molar-refractivity contribution in [2.45, 2.75) is 32.9 Å².